The van der Waals surface area contributed by atoms with E-state index in [1.807, 2.05) is 23.1 Å². The van der Waals surface area contributed by atoms with E-state index in [1.165, 1.54) is 21.8 Å². The van der Waals surface area contributed by atoms with Crippen LogP contribution in [0.25, 0.3) is 10.2 Å². The number of fused-ring (bicyclic) bond motifs is 1. The van der Waals surface area contributed by atoms with Crippen LogP contribution in [0.1, 0.15) is 30.7 Å². The van der Waals surface area contributed by atoms with Gasteiger partial charge in [-0.1, -0.05) is 12.1 Å². The van der Waals surface area contributed by atoms with Crippen LogP contribution < -0.4 is 4.74 Å². The van der Waals surface area contributed by atoms with Crippen LogP contribution in [0.15, 0.2) is 48.5 Å². The molecule has 2 heterocycles. The van der Waals surface area contributed by atoms with Gasteiger partial charge in [0.15, 0.2) is 6.10 Å². The maximum absolute atomic E-state index is 13.0. The fourth-order valence-corrected chi connectivity index (χ4v) is 4.57. The summed E-state index contributed by atoms with van der Waals surface area (Å²) in [5, 5.41) is 1.17. The van der Waals surface area contributed by atoms with Crippen LogP contribution in [-0.2, 0) is 4.79 Å². The molecule has 1 saturated heterocycles. The molecule has 0 unspecified atom stereocenters. The third-order valence-corrected chi connectivity index (χ3v) is 6.14. The highest BCUT2D eigenvalue weighted by Crippen LogP contribution is 2.34. The lowest BCUT2D eigenvalue weighted by atomic mass is 9.97. The van der Waals surface area contributed by atoms with E-state index < -0.39 is 6.10 Å². The number of likely N-dealkylation sites (tertiary alicyclic amines) is 1. The maximum atomic E-state index is 13.0. The molecule has 1 aliphatic rings. The normalized spacial score (nSPS) is 16.4. The van der Waals surface area contributed by atoms with Gasteiger partial charge in [-0.3, -0.25) is 4.79 Å². The highest BCUT2D eigenvalue weighted by molar-refractivity contribution is 7.18. The summed E-state index contributed by atoms with van der Waals surface area (Å²) in [6.07, 6.45) is 1.23. The molecule has 0 spiro atoms. The fraction of sp³-hybridized carbons (Fsp3) is 0.333. The molecule has 1 aliphatic heterocycles. The second kappa shape index (κ2) is 7.64. The first-order valence-electron chi connectivity index (χ1n) is 9.16. The van der Waals surface area contributed by atoms with Crippen molar-refractivity contribution in [2.45, 2.75) is 31.8 Å². The number of carbonyl (C=O) groups is 1. The summed E-state index contributed by atoms with van der Waals surface area (Å²) in [6, 6.07) is 13.9. The van der Waals surface area contributed by atoms with Gasteiger partial charge in [-0.15, -0.1) is 11.3 Å². The molecule has 1 aromatic heterocycles. The Kier molecular flexibility index (Phi) is 5.07. The average Bonchev–Trinajstić information content (AvgIpc) is 3.13. The number of amides is 1. The van der Waals surface area contributed by atoms with Crippen LogP contribution in [0, 0.1) is 5.82 Å². The molecule has 0 aliphatic carbocycles. The molecule has 6 heteroatoms. The van der Waals surface area contributed by atoms with Crippen molar-refractivity contribution >= 4 is 27.5 Å². The van der Waals surface area contributed by atoms with E-state index in [9.17, 15) is 9.18 Å². The number of halogens is 1. The van der Waals surface area contributed by atoms with Gasteiger partial charge in [0.25, 0.3) is 5.91 Å². The van der Waals surface area contributed by atoms with Crippen molar-refractivity contribution in [3.8, 4) is 5.75 Å². The summed E-state index contributed by atoms with van der Waals surface area (Å²) >= 11 is 1.75. The van der Waals surface area contributed by atoms with Crippen molar-refractivity contribution in [3.63, 3.8) is 0 Å². The van der Waals surface area contributed by atoms with Crippen molar-refractivity contribution in [2.75, 3.05) is 13.1 Å². The average molecular weight is 384 g/mol. The quantitative estimate of drug-likeness (QED) is 0.660. The zero-order valence-corrected chi connectivity index (χ0v) is 15.9. The predicted molar refractivity (Wildman–Crippen MR) is 105 cm³/mol. The van der Waals surface area contributed by atoms with Crippen LogP contribution in [0.4, 0.5) is 4.39 Å². The molecule has 1 atom stereocenters. The van der Waals surface area contributed by atoms with Crippen molar-refractivity contribution in [1.29, 1.82) is 0 Å². The monoisotopic (exact) mass is 384 g/mol. The van der Waals surface area contributed by atoms with E-state index in [4.69, 9.17) is 9.72 Å². The SMILES string of the molecule is C[C@H](Oc1ccc(F)cc1)C(=O)N1CCC(c2nc3ccccc3s2)CC1. The first-order valence-corrected chi connectivity index (χ1v) is 9.98. The summed E-state index contributed by atoms with van der Waals surface area (Å²) in [6.45, 7) is 3.15. The molecule has 0 bridgehead atoms. The van der Waals surface area contributed by atoms with Crippen LogP contribution in [0.2, 0.25) is 0 Å². The van der Waals surface area contributed by atoms with Crippen LogP contribution in [0.5, 0.6) is 5.75 Å². The fourth-order valence-electron chi connectivity index (χ4n) is 3.44. The van der Waals surface area contributed by atoms with Gasteiger partial charge in [0.2, 0.25) is 0 Å². The molecule has 27 heavy (non-hydrogen) atoms. The van der Waals surface area contributed by atoms with Gasteiger partial charge in [-0.2, -0.15) is 0 Å². The highest BCUT2D eigenvalue weighted by Gasteiger charge is 2.29. The lowest BCUT2D eigenvalue weighted by Crippen LogP contribution is -2.44. The summed E-state index contributed by atoms with van der Waals surface area (Å²) < 4.78 is 19.9. The lowest BCUT2D eigenvalue weighted by Gasteiger charge is -2.32. The minimum absolute atomic E-state index is 0.0259. The molecular formula is C21H21FN2O2S. The van der Waals surface area contributed by atoms with Crippen LogP contribution in [0.3, 0.4) is 0 Å². The molecule has 0 N–H and O–H groups in total. The van der Waals surface area contributed by atoms with Crippen LogP contribution >= 0.6 is 11.3 Å². The Bertz CT molecular complexity index is 900. The van der Waals surface area contributed by atoms with E-state index in [-0.39, 0.29) is 11.7 Å². The van der Waals surface area contributed by atoms with E-state index in [2.05, 4.69) is 6.07 Å². The highest BCUT2D eigenvalue weighted by atomic mass is 32.1. The summed E-state index contributed by atoms with van der Waals surface area (Å²) in [7, 11) is 0. The number of thiazole rings is 1. The largest absolute Gasteiger partial charge is 0.481 e. The lowest BCUT2D eigenvalue weighted by molar-refractivity contribution is -0.139. The van der Waals surface area contributed by atoms with E-state index in [1.54, 1.807) is 30.4 Å². The number of hydrogen-bond acceptors (Lipinski definition) is 4. The molecule has 3 aromatic rings. The second-order valence-electron chi connectivity index (χ2n) is 6.83. The summed E-state index contributed by atoms with van der Waals surface area (Å²) in [4.78, 5) is 19.3. The Morgan fingerprint density at radius 3 is 2.59 bits per heavy atom. The van der Waals surface area contributed by atoms with Gasteiger partial charge in [0, 0.05) is 19.0 Å². The van der Waals surface area contributed by atoms with E-state index >= 15 is 0 Å². The van der Waals surface area contributed by atoms with E-state index in [0.29, 0.717) is 24.8 Å². The number of carbonyl (C=O) groups excluding carboxylic acids is 1. The zero-order valence-electron chi connectivity index (χ0n) is 15.1. The molecule has 140 valence electrons. The first kappa shape index (κ1) is 17.9. The number of para-hydroxylation sites is 1. The Balaban J connectivity index is 1.35. The maximum Gasteiger partial charge on any atom is 0.263 e. The Morgan fingerprint density at radius 2 is 1.89 bits per heavy atom. The molecule has 1 fully saturated rings. The standard InChI is InChI=1S/C21H21FN2O2S/c1-14(26-17-8-6-16(22)7-9-17)21(25)24-12-10-15(11-13-24)20-23-18-4-2-3-5-19(18)27-20/h2-9,14-15H,10-13H2,1H3/t14-/m0/s1. The van der Waals surface area contributed by atoms with Gasteiger partial charge in [-0.25, -0.2) is 9.37 Å². The number of piperidine rings is 1. The number of nitrogens with zero attached hydrogens (tertiary/aromatic N) is 2. The van der Waals surface area contributed by atoms with E-state index in [0.717, 1.165) is 18.4 Å². The predicted octanol–water partition coefficient (Wildman–Crippen LogP) is 4.61. The summed E-state index contributed by atoms with van der Waals surface area (Å²) in [5.41, 5.74) is 1.05. The first-order chi connectivity index (χ1) is 13.1. The molecule has 4 rings (SSSR count). The number of ether oxygens (including phenoxy) is 1. The topological polar surface area (TPSA) is 42.4 Å². The zero-order chi connectivity index (χ0) is 18.8. The van der Waals surface area contributed by atoms with Gasteiger partial charge >= 0.3 is 0 Å². The molecule has 1 amide bonds. The van der Waals surface area contributed by atoms with Crippen molar-refractivity contribution in [3.05, 3.63) is 59.4 Å². The summed E-state index contributed by atoms with van der Waals surface area (Å²) in [5.74, 6) is 0.557. The molecule has 0 radical (unpaired) electrons. The third kappa shape index (κ3) is 3.95. The molecule has 2 aromatic carbocycles. The minimum atomic E-state index is -0.588. The third-order valence-electron chi connectivity index (χ3n) is 4.94. The smallest absolute Gasteiger partial charge is 0.263 e. The molecule has 0 saturated carbocycles. The van der Waals surface area contributed by atoms with Gasteiger partial charge in [-0.05, 0) is 56.2 Å². The minimum Gasteiger partial charge on any atom is -0.481 e. The molecule has 4 nitrogen and oxygen atoms in total. The van der Waals surface area contributed by atoms with Crippen molar-refractivity contribution in [2.24, 2.45) is 0 Å². The Morgan fingerprint density at radius 1 is 1.19 bits per heavy atom. The van der Waals surface area contributed by atoms with Gasteiger partial charge < -0.3 is 9.64 Å². The van der Waals surface area contributed by atoms with Gasteiger partial charge in [0.05, 0.1) is 15.2 Å². The number of benzene rings is 2. The Hall–Kier alpha value is -2.47. The van der Waals surface area contributed by atoms with Gasteiger partial charge in [0.1, 0.15) is 11.6 Å². The van der Waals surface area contributed by atoms with Crippen molar-refractivity contribution < 1.29 is 13.9 Å². The molecular weight excluding hydrogens is 363 g/mol. The van der Waals surface area contributed by atoms with Crippen LogP contribution in [-0.4, -0.2) is 35.0 Å². The van der Waals surface area contributed by atoms with Crippen molar-refractivity contribution in [1.82, 2.24) is 9.88 Å². The Labute approximate surface area is 161 Å². The second-order valence-corrected chi connectivity index (χ2v) is 7.90. The number of hydrogen-bond donors (Lipinski definition) is 0. The number of rotatable bonds is 4. The number of aromatic nitrogens is 1.